The summed E-state index contributed by atoms with van der Waals surface area (Å²) >= 11 is 0. The number of hydrogen-bond acceptors (Lipinski definition) is 2. The Morgan fingerprint density at radius 3 is 2.35 bits per heavy atom. The van der Waals surface area contributed by atoms with E-state index in [1.807, 2.05) is 35.2 Å². The lowest BCUT2D eigenvalue weighted by Gasteiger charge is -2.31. The minimum absolute atomic E-state index is 0.0767. The molecule has 1 N–H and O–H groups in total. The van der Waals surface area contributed by atoms with Crippen LogP contribution in [0, 0.1) is 5.92 Å². The van der Waals surface area contributed by atoms with Crippen LogP contribution in [-0.4, -0.2) is 35.8 Å². The molecule has 4 heteroatoms. The van der Waals surface area contributed by atoms with E-state index in [1.54, 1.807) is 0 Å². The molecule has 1 heterocycles. The number of benzene rings is 1. The largest absolute Gasteiger partial charge is 0.344 e. The second kappa shape index (κ2) is 8.70. The van der Waals surface area contributed by atoms with Gasteiger partial charge in [0, 0.05) is 13.1 Å². The maximum absolute atomic E-state index is 12.7. The molecule has 2 rings (SSSR count). The molecule has 0 bridgehead atoms. The zero-order valence-corrected chi connectivity index (χ0v) is 14.3. The molecule has 1 aliphatic heterocycles. The molecule has 0 radical (unpaired) electrons. The third-order valence-corrected chi connectivity index (χ3v) is 4.22. The van der Waals surface area contributed by atoms with Crippen molar-refractivity contribution < 1.29 is 9.59 Å². The first kappa shape index (κ1) is 17.5. The Labute approximate surface area is 139 Å². The number of nitrogens with one attached hydrogen (secondary N) is 1. The first-order valence-corrected chi connectivity index (χ1v) is 8.68. The van der Waals surface area contributed by atoms with Crippen LogP contribution in [0.25, 0.3) is 0 Å². The van der Waals surface area contributed by atoms with Crippen LogP contribution in [0.15, 0.2) is 30.3 Å². The Morgan fingerprint density at radius 1 is 1.09 bits per heavy atom. The van der Waals surface area contributed by atoms with E-state index in [1.165, 1.54) is 6.42 Å². The summed E-state index contributed by atoms with van der Waals surface area (Å²) in [5.74, 6) is 0.373. The van der Waals surface area contributed by atoms with Gasteiger partial charge in [-0.3, -0.25) is 9.59 Å². The first-order chi connectivity index (χ1) is 11.1. The van der Waals surface area contributed by atoms with Gasteiger partial charge in [0.2, 0.25) is 11.8 Å². The van der Waals surface area contributed by atoms with E-state index < -0.39 is 6.04 Å². The minimum atomic E-state index is -0.399. The van der Waals surface area contributed by atoms with Gasteiger partial charge in [0.1, 0.15) is 6.04 Å². The van der Waals surface area contributed by atoms with Gasteiger partial charge in [-0.15, -0.1) is 0 Å². The lowest BCUT2D eigenvalue weighted by Crippen LogP contribution is -2.50. The number of rotatable bonds is 6. The fourth-order valence-corrected chi connectivity index (χ4v) is 3.05. The van der Waals surface area contributed by atoms with Crippen molar-refractivity contribution in [3.05, 3.63) is 35.9 Å². The Kier molecular flexibility index (Phi) is 6.63. The zero-order valence-electron chi connectivity index (χ0n) is 14.3. The smallest absolute Gasteiger partial charge is 0.245 e. The SMILES string of the molecule is CC(C)C[C@@H](NC(=O)Cc1ccccc1)C(=O)N1CCCCC1. The molecule has 0 saturated carbocycles. The van der Waals surface area contributed by atoms with Crippen molar-refractivity contribution in [1.29, 1.82) is 0 Å². The summed E-state index contributed by atoms with van der Waals surface area (Å²) in [5, 5.41) is 2.96. The van der Waals surface area contributed by atoms with Crippen LogP contribution in [0.2, 0.25) is 0 Å². The van der Waals surface area contributed by atoms with E-state index >= 15 is 0 Å². The average molecular weight is 316 g/mol. The molecule has 4 nitrogen and oxygen atoms in total. The van der Waals surface area contributed by atoms with Crippen LogP contribution in [0.5, 0.6) is 0 Å². The molecule has 1 aromatic rings. The number of hydrogen-bond donors (Lipinski definition) is 1. The molecule has 1 saturated heterocycles. The molecule has 1 aliphatic rings. The van der Waals surface area contributed by atoms with Gasteiger partial charge in [0.05, 0.1) is 6.42 Å². The van der Waals surface area contributed by atoms with Crippen LogP contribution in [0.3, 0.4) is 0 Å². The van der Waals surface area contributed by atoms with Crippen molar-refractivity contribution in [1.82, 2.24) is 10.2 Å². The Morgan fingerprint density at radius 2 is 1.74 bits per heavy atom. The van der Waals surface area contributed by atoms with Gasteiger partial charge in [0.25, 0.3) is 0 Å². The van der Waals surface area contributed by atoms with E-state index in [9.17, 15) is 9.59 Å². The van der Waals surface area contributed by atoms with Crippen LogP contribution < -0.4 is 5.32 Å². The number of amides is 2. The zero-order chi connectivity index (χ0) is 16.7. The molecular weight excluding hydrogens is 288 g/mol. The lowest BCUT2D eigenvalue weighted by atomic mass is 10.0. The molecule has 0 spiro atoms. The first-order valence-electron chi connectivity index (χ1n) is 8.68. The van der Waals surface area contributed by atoms with Gasteiger partial charge in [-0.05, 0) is 37.2 Å². The Balaban J connectivity index is 1.96. The van der Waals surface area contributed by atoms with Crippen molar-refractivity contribution in [2.24, 2.45) is 5.92 Å². The second-order valence-corrected chi connectivity index (χ2v) is 6.80. The van der Waals surface area contributed by atoms with Crippen molar-refractivity contribution >= 4 is 11.8 Å². The molecule has 1 atom stereocenters. The van der Waals surface area contributed by atoms with Gasteiger partial charge in [-0.2, -0.15) is 0 Å². The van der Waals surface area contributed by atoms with Crippen LogP contribution >= 0.6 is 0 Å². The molecular formula is C19H28N2O2. The quantitative estimate of drug-likeness (QED) is 0.877. The number of carbonyl (C=O) groups excluding carboxylic acids is 2. The third-order valence-electron chi connectivity index (χ3n) is 4.22. The fourth-order valence-electron chi connectivity index (χ4n) is 3.05. The molecule has 23 heavy (non-hydrogen) atoms. The molecule has 0 aromatic heterocycles. The highest BCUT2D eigenvalue weighted by Crippen LogP contribution is 2.14. The van der Waals surface area contributed by atoms with Crippen LogP contribution in [0.4, 0.5) is 0 Å². The standard InChI is InChI=1S/C19H28N2O2/c1-15(2)13-17(19(23)21-11-7-4-8-12-21)20-18(22)14-16-9-5-3-6-10-16/h3,5-6,9-10,15,17H,4,7-8,11-14H2,1-2H3,(H,20,22)/t17-/m1/s1. The topological polar surface area (TPSA) is 49.4 Å². The van der Waals surface area contributed by atoms with Crippen molar-refractivity contribution in [3.8, 4) is 0 Å². The normalized spacial score (nSPS) is 16.2. The molecule has 2 amide bonds. The Bertz CT molecular complexity index is 507. The highest BCUT2D eigenvalue weighted by Gasteiger charge is 2.27. The lowest BCUT2D eigenvalue weighted by molar-refractivity contribution is -0.137. The highest BCUT2D eigenvalue weighted by atomic mass is 16.2. The summed E-state index contributed by atoms with van der Waals surface area (Å²) < 4.78 is 0. The van der Waals surface area contributed by atoms with Gasteiger partial charge >= 0.3 is 0 Å². The van der Waals surface area contributed by atoms with Crippen molar-refractivity contribution in [3.63, 3.8) is 0 Å². The monoisotopic (exact) mass is 316 g/mol. The van der Waals surface area contributed by atoms with Crippen LogP contribution in [0.1, 0.15) is 45.1 Å². The molecule has 1 fully saturated rings. The number of likely N-dealkylation sites (tertiary alicyclic amines) is 1. The van der Waals surface area contributed by atoms with Crippen molar-refractivity contribution in [2.45, 2.75) is 52.0 Å². The number of nitrogens with zero attached hydrogens (tertiary/aromatic N) is 1. The second-order valence-electron chi connectivity index (χ2n) is 6.80. The predicted molar refractivity (Wildman–Crippen MR) is 92.0 cm³/mol. The maximum Gasteiger partial charge on any atom is 0.245 e. The molecule has 0 aliphatic carbocycles. The number of piperidine rings is 1. The van der Waals surface area contributed by atoms with E-state index in [2.05, 4.69) is 19.2 Å². The van der Waals surface area contributed by atoms with Crippen molar-refractivity contribution in [2.75, 3.05) is 13.1 Å². The summed E-state index contributed by atoms with van der Waals surface area (Å²) in [6.45, 7) is 5.81. The van der Waals surface area contributed by atoms with E-state index in [-0.39, 0.29) is 11.8 Å². The Hall–Kier alpha value is -1.84. The van der Waals surface area contributed by atoms with Gasteiger partial charge < -0.3 is 10.2 Å². The maximum atomic E-state index is 12.7. The number of carbonyl (C=O) groups is 2. The van der Waals surface area contributed by atoms with Gasteiger partial charge in [-0.1, -0.05) is 44.2 Å². The fraction of sp³-hybridized carbons (Fsp3) is 0.579. The summed E-state index contributed by atoms with van der Waals surface area (Å²) in [4.78, 5) is 27.0. The summed E-state index contributed by atoms with van der Waals surface area (Å²) in [5.41, 5.74) is 0.971. The minimum Gasteiger partial charge on any atom is -0.344 e. The van der Waals surface area contributed by atoms with Crippen LogP contribution in [-0.2, 0) is 16.0 Å². The van der Waals surface area contributed by atoms with E-state index in [4.69, 9.17) is 0 Å². The van der Waals surface area contributed by atoms with E-state index in [0.717, 1.165) is 31.5 Å². The molecule has 126 valence electrons. The summed E-state index contributed by atoms with van der Waals surface area (Å²) in [6, 6.07) is 9.25. The average Bonchev–Trinajstić information content (AvgIpc) is 2.55. The summed E-state index contributed by atoms with van der Waals surface area (Å²) in [7, 11) is 0. The molecule has 0 unspecified atom stereocenters. The predicted octanol–water partition coefficient (Wildman–Crippen LogP) is 2.77. The van der Waals surface area contributed by atoms with Gasteiger partial charge in [-0.25, -0.2) is 0 Å². The molecule has 1 aromatic carbocycles. The van der Waals surface area contributed by atoms with Gasteiger partial charge in [0.15, 0.2) is 0 Å². The highest BCUT2D eigenvalue weighted by molar-refractivity contribution is 5.88. The van der Waals surface area contributed by atoms with E-state index in [0.29, 0.717) is 18.8 Å². The third kappa shape index (κ3) is 5.70. The summed E-state index contributed by atoms with van der Waals surface area (Å²) in [6.07, 6.45) is 4.34.